The highest BCUT2D eigenvalue weighted by molar-refractivity contribution is 6.37. The second-order valence-electron chi connectivity index (χ2n) is 4.73. The van der Waals surface area contributed by atoms with Crippen LogP contribution >= 0.6 is 23.2 Å². The van der Waals surface area contributed by atoms with Crippen molar-refractivity contribution in [1.82, 2.24) is 9.88 Å². The molecule has 0 aliphatic carbocycles. The predicted octanol–water partition coefficient (Wildman–Crippen LogP) is 3.33. The van der Waals surface area contributed by atoms with E-state index in [1.807, 2.05) is 0 Å². The van der Waals surface area contributed by atoms with Gasteiger partial charge in [-0.1, -0.05) is 29.6 Å². The number of anilines is 2. The molecule has 1 aromatic rings. The van der Waals surface area contributed by atoms with Crippen molar-refractivity contribution in [3.63, 3.8) is 0 Å². The second-order valence-corrected chi connectivity index (χ2v) is 5.54. The minimum absolute atomic E-state index is 0.536. The molecule has 6 heteroatoms. The summed E-state index contributed by atoms with van der Waals surface area (Å²) in [5, 5.41) is 7.32. The summed E-state index contributed by atoms with van der Waals surface area (Å²) < 4.78 is 0. The summed E-state index contributed by atoms with van der Waals surface area (Å²) in [5.74, 6) is 1.33. The third kappa shape index (κ3) is 4.13. The number of likely N-dealkylation sites (tertiary alicyclic amines) is 1. The lowest BCUT2D eigenvalue weighted by molar-refractivity contribution is 0.237. The van der Waals surface area contributed by atoms with Gasteiger partial charge in [-0.2, -0.15) is 0 Å². The fourth-order valence-corrected chi connectivity index (χ4v) is 2.80. The van der Waals surface area contributed by atoms with Crippen LogP contribution in [0, 0.1) is 0 Å². The van der Waals surface area contributed by atoms with E-state index in [0.29, 0.717) is 21.7 Å². The van der Waals surface area contributed by atoms with Crippen LogP contribution in [0.5, 0.6) is 0 Å². The van der Waals surface area contributed by atoms with E-state index in [4.69, 9.17) is 23.2 Å². The van der Waals surface area contributed by atoms with Gasteiger partial charge in [-0.3, -0.25) is 0 Å². The second kappa shape index (κ2) is 7.17. The van der Waals surface area contributed by atoms with E-state index in [2.05, 4.69) is 20.5 Å². The molecule has 0 unspecified atom stereocenters. The SMILES string of the molecule is CNc1nc(NCCN2CCCCC2)c(Cl)cc1Cl. The van der Waals surface area contributed by atoms with Crippen LogP contribution in [0.3, 0.4) is 0 Å². The minimum atomic E-state index is 0.536. The third-order valence-electron chi connectivity index (χ3n) is 3.34. The zero-order valence-corrected chi connectivity index (χ0v) is 12.7. The van der Waals surface area contributed by atoms with E-state index in [0.717, 1.165) is 13.1 Å². The summed E-state index contributed by atoms with van der Waals surface area (Å²) in [6.07, 6.45) is 3.98. The summed E-state index contributed by atoms with van der Waals surface area (Å²) in [6, 6.07) is 1.71. The number of halogens is 2. The van der Waals surface area contributed by atoms with Gasteiger partial charge in [0.1, 0.15) is 11.6 Å². The number of nitrogens with zero attached hydrogens (tertiary/aromatic N) is 2. The summed E-state index contributed by atoms with van der Waals surface area (Å²) in [6.45, 7) is 4.27. The van der Waals surface area contributed by atoms with Crippen LogP contribution in [-0.4, -0.2) is 43.1 Å². The Labute approximate surface area is 124 Å². The predicted molar refractivity (Wildman–Crippen MR) is 82.6 cm³/mol. The van der Waals surface area contributed by atoms with Crippen molar-refractivity contribution in [3.8, 4) is 0 Å². The Morgan fingerprint density at radius 1 is 1.16 bits per heavy atom. The molecule has 19 heavy (non-hydrogen) atoms. The van der Waals surface area contributed by atoms with Crippen molar-refractivity contribution in [1.29, 1.82) is 0 Å². The van der Waals surface area contributed by atoms with E-state index in [1.165, 1.54) is 32.4 Å². The topological polar surface area (TPSA) is 40.2 Å². The Morgan fingerprint density at radius 2 is 1.84 bits per heavy atom. The minimum Gasteiger partial charge on any atom is -0.372 e. The Balaban J connectivity index is 1.88. The Hall–Kier alpha value is -0.710. The highest BCUT2D eigenvalue weighted by Crippen LogP contribution is 2.28. The molecule has 0 amide bonds. The summed E-state index contributed by atoms with van der Waals surface area (Å²) in [7, 11) is 1.79. The fraction of sp³-hybridized carbons (Fsp3) is 0.615. The first-order valence-electron chi connectivity index (χ1n) is 6.70. The fourth-order valence-electron chi connectivity index (χ4n) is 2.28. The van der Waals surface area contributed by atoms with E-state index in [1.54, 1.807) is 13.1 Å². The van der Waals surface area contributed by atoms with E-state index in [-0.39, 0.29) is 0 Å². The molecule has 1 aliphatic heterocycles. The molecule has 0 radical (unpaired) electrons. The van der Waals surface area contributed by atoms with Gasteiger partial charge in [0.25, 0.3) is 0 Å². The van der Waals surface area contributed by atoms with Crippen molar-refractivity contribution in [2.75, 3.05) is 43.9 Å². The molecular weight excluding hydrogens is 283 g/mol. The Kier molecular flexibility index (Phi) is 5.55. The maximum absolute atomic E-state index is 6.13. The van der Waals surface area contributed by atoms with Gasteiger partial charge in [-0.25, -0.2) is 4.98 Å². The molecule has 0 atom stereocenters. The van der Waals surface area contributed by atoms with Gasteiger partial charge >= 0.3 is 0 Å². The van der Waals surface area contributed by atoms with E-state index >= 15 is 0 Å². The molecule has 2 heterocycles. The quantitative estimate of drug-likeness (QED) is 0.875. The first-order valence-corrected chi connectivity index (χ1v) is 7.46. The van der Waals surface area contributed by atoms with Crippen LogP contribution in [0.4, 0.5) is 11.6 Å². The van der Waals surface area contributed by atoms with Crippen molar-refractivity contribution >= 4 is 34.8 Å². The lowest BCUT2D eigenvalue weighted by atomic mass is 10.1. The number of rotatable bonds is 5. The van der Waals surface area contributed by atoms with Crippen LogP contribution in [-0.2, 0) is 0 Å². The van der Waals surface area contributed by atoms with Crippen molar-refractivity contribution in [3.05, 3.63) is 16.1 Å². The van der Waals surface area contributed by atoms with Crippen LogP contribution in [0.15, 0.2) is 6.07 Å². The maximum Gasteiger partial charge on any atom is 0.147 e. The smallest absolute Gasteiger partial charge is 0.147 e. The monoisotopic (exact) mass is 302 g/mol. The number of piperidine rings is 1. The van der Waals surface area contributed by atoms with Crippen molar-refractivity contribution in [2.45, 2.75) is 19.3 Å². The van der Waals surface area contributed by atoms with Gasteiger partial charge < -0.3 is 15.5 Å². The molecule has 0 aromatic carbocycles. The zero-order chi connectivity index (χ0) is 13.7. The van der Waals surface area contributed by atoms with Crippen LogP contribution in [0.25, 0.3) is 0 Å². The average molecular weight is 303 g/mol. The van der Waals surface area contributed by atoms with Crippen molar-refractivity contribution in [2.24, 2.45) is 0 Å². The van der Waals surface area contributed by atoms with Gasteiger partial charge in [0, 0.05) is 20.1 Å². The van der Waals surface area contributed by atoms with Gasteiger partial charge in [0.2, 0.25) is 0 Å². The molecule has 0 spiro atoms. The van der Waals surface area contributed by atoms with E-state index < -0.39 is 0 Å². The van der Waals surface area contributed by atoms with Crippen LogP contribution < -0.4 is 10.6 Å². The summed E-state index contributed by atoms with van der Waals surface area (Å²) >= 11 is 12.1. The normalized spacial score (nSPS) is 16.4. The zero-order valence-electron chi connectivity index (χ0n) is 11.2. The summed E-state index contributed by atoms with van der Waals surface area (Å²) in [5.41, 5.74) is 0. The molecule has 1 saturated heterocycles. The van der Waals surface area contributed by atoms with Crippen LogP contribution in [0.1, 0.15) is 19.3 Å². The number of pyridine rings is 1. The third-order valence-corrected chi connectivity index (χ3v) is 3.91. The molecule has 2 N–H and O–H groups in total. The number of hydrogen-bond donors (Lipinski definition) is 2. The highest BCUT2D eigenvalue weighted by Gasteiger charge is 2.11. The molecule has 0 saturated carbocycles. The molecule has 1 aromatic heterocycles. The number of aromatic nitrogens is 1. The van der Waals surface area contributed by atoms with Gasteiger partial charge in [0.05, 0.1) is 10.0 Å². The summed E-state index contributed by atoms with van der Waals surface area (Å²) in [4.78, 5) is 6.84. The van der Waals surface area contributed by atoms with Gasteiger partial charge in [0.15, 0.2) is 0 Å². The molecule has 0 bridgehead atoms. The molecule has 4 nitrogen and oxygen atoms in total. The average Bonchev–Trinajstić information content (AvgIpc) is 2.42. The first-order chi connectivity index (χ1) is 9.20. The molecule has 1 fully saturated rings. The molecule has 1 aliphatic rings. The Bertz CT molecular complexity index is 419. The van der Waals surface area contributed by atoms with Gasteiger partial charge in [-0.05, 0) is 32.0 Å². The molecule has 106 valence electrons. The lowest BCUT2D eigenvalue weighted by Gasteiger charge is -2.26. The number of hydrogen-bond acceptors (Lipinski definition) is 4. The maximum atomic E-state index is 6.13. The lowest BCUT2D eigenvalue weighted by Crippen LogP contribution is -2.33. The van der Waals surface area contributed by atoms with Gasteiger partial charge in [-0.15, -0.1) is 0 Å². The molecule has 2 rings (SSSR count). The van der Waals surface area contributed by atoms with E-state index in [9.17, 15) is 0 Å². The Morgan fingerprint density at radius 3 is 2.53 bits per heavy atom. The highest BCUT2D eigenvalue weighted by atomic mass is 35.5. The van der Waals surface area contributed by atoms with Crippen molar-refractivity contribution < 1.29 is 0 Å². The standard InChI is InChI=1S/C13H20Cl2N4/c1-16-12-10(14)9-11(15)13(18-12)17-5-8-19-6-3-2-4-7-19/h9H,2-8H2,1H3,(H2,16,17,18). The first kappa shape index (κ1) is 14.7. The molecular formula is C13H20Cl2N4. The number of nitrogens with one attached hydrogen (secondary N) is 2. The van der Waals surface area contributed by atoms with Crippen LogP contribution in [0.2, 0.25) is 10.0 Å². The largest absolute Gasteiger partial charge is 0.372 e.